The van der Waals surface area contributed by atoms with Crippen LogP contribution in [-0.4, -0.2) is 70.4 Å². The first-order valence-corrected chi connectivity index (χ1v) is 12.5. The fraction of sp³-hybridized carbons (Fsp3) is 0.609. The van der Waals surface area contributed by atoms with Crippen molar-refractivity contribution in [2.24, 2.45) is 9.98 Å². The van der Waals surface area contributed by atoms with Gasteiger partial charge in [-0.25, -0.2) is 14.2 Å². The zero-order valence-electron chi connectivity index (χ0n) is 19.4. The van der Waals surface area contributed by atoms with Gasteiger partial charge >= 0.3 is 6.09 Å². The number of aliphatic imine (C=N–C) groups is 2. The number of carbonyl (C=O) groups excluding carboxylic acids is 1. The Kier molecular flexibility index (Phi) is 7.82. The van der Waals surface area contributed by atoms with E-state index in [-0.39, 0.29) is 23.2 Å². The van der Waals surface area contributed by atoms with E-state index in [9.17, 15) is 13.4 Å². The summed E-state index contributed by atoms with van der Waals surface area (Å²) in [6.45, 7) is 9.21. The smallest absolute Gasteiger partial charge is 0.410 e. The number of amides is 1. The molecule has 1 aromatic carbocycles. The molecule has 2 atom stereocenters. The highest BCUT2D eigenvalue weighted by Gasteiger charge is 2.30. The van der Waals surface area contributed by atoms with E-state index in [0.29, 0.717) is 31.0 Å². The minimum atomic E-state index is -1.38. The monoisotopic (exact) mass is 465 g/mol. The van der Waals surface area contributed by atoms with E-state index in [1.165, 1.54) is 18.4 Å². The van der Waals surface area contributed by atoms with Crippen LogP contribution in [0, 0.1) is 5.82 Å². The molecule has 2 unspecified atom stereocenters. The van der Waals surface area contributed by atoms with E-state index < -0.39 is 22.2 Å². The summed E-state index contributed by atoms with van der Waals surface area (Å²) in [5.41, 5.74) is 0.875. The van der Waals surface area contributed by atoms with Crippen LogP contribution in [0.4, 0.5) is 9.18 Å². The van der Waals surface area contributed by atoms with E-state index >= 15 is 0 Å². The standard InChI is InChI=1S/C23H32FN3O4S/c1-6-19(30-16-9-11-27(12-10-16)22(28)31-23(2,3)4)18-14-25-21(26-18)15-7-8-20(32(5)29)17(24)13-15/h7-8,13,16,19H,6,9-12,14H2,1-5H3. The fourth-order valence-corrected chi connectivity index (χ4v) is 4.30. The Balaban J connectivity index is 1.58. The number of nitrogens with zero attached hydrogens (tertiary/aromatic N) is 3. The highest BCUT2D eigenvalue weighted by atomic mass is 32.2. The first-order valence-electron chi connectivity index (χ1n) is 11.0. The van der Waals surface area contributed by atoms with Gasteiger partial charge in [0.2, 0.25) is 0 Å². The van der Waals surface area contributed by atoms with Crippen molar-refractivity contribution in [2.75, 3.05) is 25.9 Å². The van der Waals surface area contributed by atoms with Gasteiger partial charge in [0.1, 0.15) is 11.4 Å². The Bertz CT molecular complexity index is 934. The van der Waals surface area contributed by atoms with Crippen molar-refractivity contribution < 1.29 is 22.9 Å². The Morgan fingerprint density at radius 1 is 1.31 bits per heavy atom. The summed E-state index contributed by atoms with van der Waals surface area (Å²) in [4.78, 5) is 23.2. The molecule has 176 valence electrons. The summed E-state index contributed by atoms with van der Waals surface area (Å²) >= 11 is 0. The van der Waals surface area contributed by atoms with Gasteiger partial charge in [0, 0.05) is 24.9 Å². The minimum Gasteiger partial charge on any atom is -0.444 e. The lowest BCUT2D eigenvalue weighted by atomic mass is 10.1. The molecule has 0 aromatic heterocycles. The van der Waals surface area contributed by atoms with Gasteiger partial charge in [0.15, 0.2) is 5.84 Å². The van der Waals surface area contributed by atoms with Crippen LogP contribution in [0.25, 0.3) is 0 Å². The van der Waals surface area contributed by atoms with Crippen LogP contribution in [-0.2, 0) is 20.3 Å². The predicted octanol–water partition coefficient (Wildman–Crippen LogP) is 3.96. The summed E-state index contributed by atoms with van der Waals surface area (Å²) in [7, 11) is -1.38. The normalized spacial score (nSPS) is 19.4. The molecule has 0 aliphatic carbocycles. The Morgan fingerprint density at radius 2 is 2.00 bits per heavy atom. The average Bonchev–Trinajstić information content (AvgIpc) is 3.21. The first kappa shape index (κ1) is 24.5. The Labute approximate surface area is 191 Å². The van der Waals surface area contributed by atoms with E-state index in [1.807, 2.05) is 27.7 Å². The van der Waals surface area contributed by atoms with Crippen molar-refractivity contribution in [3.8, 4) is 0 Å². The van der Waals surface area contributed by atoms with E-state index in [4.69, 9.17) is 9.47 Å². The van der Waals surface area contributed by atoms with Crippen molar-refractivity contribution >= 4 is 28.4 Å². The van der Waals surface area contributed by atoms with Crippen LogP contribution < -0.4 is 0 Å². The summed E-state index contributed by atoms with van der Waals surface area (Å²) in [6, 6.07) is 4.54. The van der Waals surface area contributed by atoms with Gasteiger partial charge in [-0.3, -0.25) is 9.20 Å². The zero-order valence-corrected chi connectivity index (χ0v) is 20.2. The lowest BCUT2D eigenvalue weighted by Crippen LogP contribution is -2.44. The van der Waals surface area contributed by atoms with Crippen LogP contribution in [0.3, 0.4) is 0 Å². The molecule has 32 heavy (non-hydrogen) atoms. The molecule has 1 saturated heterocycles. The molecule has 2 heterocycles. The molecule has 1 amide bonds. The summed E-state index contributed by atoms with van der Waals surface area (Å²) in [6.07, 6.45) is 3.22. The quantitative estimate of drug-likeness (QED) is 0.637. The van der Waals surface area contributed by atoms with Gasteiger partial charge in [0.25, 0.3) is 0 Å². The Hall–Kier alpha value is -2.13. The highest BCUT2D eigenvalue weighted by molar-refractivity contribution is 7.84. The number of carbonyl (C=O) groups is 1. The number of likely N-dealkylation sites (tertiary alicyclic amines) is 1. The molecule has 7 nitrogen and oxygen atoms in total. The molecule has 0 radical (unpaired) electrons. The number of rotatable bonds is 6. The molecular weight excluding hydrogens is 433 g/mol. The molecule has 0 spiro atoms. The van der Waals surface area contributed by atoms with Crippen molar-refractivity contribution in [1.29, 1.82) is 0 Å². The van der Waals surface area contributed by atoms with Gasteiger partial charge in [-0.05, 0) is 58.2 Å². The highest BCUT2D eigenvalue weighted by Crippen LogP contribution is 2.22. The number of benzene rings is 1. The van der Waals surface area contributed by atoms with E-state index in [1.54, 1.807) is 11.0 Å². The average molecular weight is 466 g/mol. The first-order chi connectivity index (χ1) is 15.1. The maximum atomic E-state index is 14.2. The van der Waals surface area contributed by atoms with Crippen molar-refractivity contribution in [1.82, 2.24) is 4.90 Å². The van der Waals surface area contributed by atoms with Crippen LogP contribution in [0.1, 0.15) is 52.5 Å². The molecule has 9 heteroatoms. The predicted molar refractivity (Wildman–Crippen MR) is 124 cm³/mol. The third-order valence-electron chi connectivity index (χ3n) is 5.33. The molecule has 3 rings (SSSR count). The maximum Gasteiger partial charge on any atom is 0.410 e. The number of ether oxygens (including phenoxy) is 2. The van der Waals surface area contributed by atoms with Crippen LogP contribution >= 0.6 is 0 Å². The van der Waals surface area contributed by atoms with Crippen molar-refractivity contribution in [2.45, 2.75) is 69.7 Å². The summed E-state index contributed by atoms with van der Waals surface area (Å²) in [5, 5.41) is 0. The third kappa shape index (κ3) is 6.22. The summed E-state index contributed by atoms with van der Waals surface area (Å²) in [5.74, 6) is -0.0520. The van der Waals surface area contributed by atoms with Gasteiger partial charge < -0.3 is 14.4 Å². The molecule has 0 bridgehead atoms. The third-order valence-corrected chi connectivity index (χ3v) is 6.28. The second-order valence-corrected chi connectivity index (χ2v) is 10.4. The largest absolute Gasteiger partial charge is 0.444 e. The zero-order chi connectivity index (χ0) is 23.5. The number of hydrogen-bond acceptors (Lipinski definition) is 6. The fourth-order valence-electron chi connectivity index (χ4n) is 3.71. The van der Waals surface area contributed by atoms with Crippen LogP contribution in [0.5, 0.6) is 0 Å². The number of hydrogen-bond donors (Lipinski definition) is 0. The number of halogens is 1. The number of amidine groups is 1. The maximum absolute atomic E-state index is 14.2. The van der Waals surface area contributed by atoms with Gasteiger partial charge in [-0.1, -0.05) is 6.92 Å². The molecule has 2 aliphatic heterocycles. The van der Waals surface area contributed by atoms with Gasteiger partial charge in [-0.15, -0.1) is 0 Å². The van der Waals surface area contributed by atoms with Crippen LogP contribution in [0.15, 0.2) is 33.1 Å². The van der Waals surface area contributed by atoms with Gasteiger partial charge in [0.05, 0.1) is 40.2 Å². The lowest BCUT2D eigenvalue weighted by Gasteiger charge is -2.34. The lowest BCUT2D eigenvalue weighted by molar-refractivity contribution is -0.0257. The van der Waals surface area contributed by atoms with Crippen LogP contribution in [0.2, 0.25) is 0 Å². The minimum absolute atomic E-state index is 0.0293. The van der Waals surface area contributed by atoms with Crippen molar-refractivity contribution in [3.05, 3.63) is 29.6 Å². The SMILES string of the molecule is CCC(OC1CCN(C(=O)OC(C)(C)C)CC1)C1=NC(c2ccc(S(C)=O)c(F)c2)=NC1. The van der Waals surface area contributed by atoms with E-state index in [0.717, 1.165) is 25.0 Å². The summed E-state index contributed by atoms with van der Waals surface area (Å²) < 4.78 is 37.5. The molecule has 1 fully saturated rings. The number of piperidine rings is 1. The molecule has 2 aliphatic rings. The van der Waals surface area contributed by atoms with Crippen molar-refractivity contribution in [3.63, 3.8) is 0 Å². The Morgan fingerprint density at radius 3 is 2.56 bits per heavy atom. The van der Waals surface area contributed by atoms with E-state index in [2.05, 4.69) is 9.98 Å². The molecular formula is C23H32FN3O4S. The molecule has 1 aromatic rings. The second-order valence-electron chi connectivity index (χ2n) is 9.04. The van der Waals surface area contributed by atoms with Gasteiger partial charge in [-0.2, -0.15) is 0 Å². The topological polar surface area (TPSA) is 80.6 Å². The molecule has 0 saturated carbocycles. The second kappa shape index (κ2) is 10.2. The molecule has 0 N–H and O–H groups in total.